The van der Waals surface area contributed by atoms with Crippen molar-refractivity contribution < 1.29 is 4.79 Å². The fraction of sp³-hybridized carbons (Fsp3) is 0.857. The Balaban J connectivity index is 2.24. The monoisotopic (exact) mass is 142 g/mol. The van der Waals surface area contributed by atoms with Crippen molar-refractivity contribution in [2.24, 2.45) is 11.1 Å². The van der Waals surface area contributed by atoms with Gasteiger partial charge in [-0.15, -0.1) is 0 Å². The number of hydrogen-bond acceptors (Lipinski definition) is 2. The molecule has 3 heteroatoms. The average molecular weight is 142 g/mol. The van der Waals surface area contributed by atoms with E-state index in [0.717, 1.165) is 6.42 Å². The molecule has 0 spiro atoms. The van der Waals surface area contributed by atoms with E-state index in [1.165, 1.54) is 0 Å². The molecule has 1 rings (SSSR count). The van der Waals surface area contributed by atoms with Gasteiger partial charge in [0.15, 0.2) is 0 Å². The van der Waals surface area contributed by atoms with Crippen LogP contribution in [-0.4, -0.2) is 18.5 Å². The highest BCUT2D eigenvalue weighted by Gasteiger charge is 2.46. The zero-order chi connectivity index (χ0) is 7.78. The maximum atomic E-state index is 10.7. The van der Waals surface area contributed by atoms with Gasteiger partial charge in [-0.1, -0.05) is 13.8 Å². The van der Waals surface area contributed by atoms with Gasteiger partial charge in [0, 0.05) is 6.04 Å². The Labute approximate surface area is 61.0 Å². The molecule has 0 aromatic heterocycles. The lowest BCUT2D eigenvalue weighted by molar-refractivity contribution is -0.120. The van der Waals surface area contributed by atoms with E-state index in [4.69, 9.17) is 5.73 Å². The highest BCUT2D eigenvalue weighted by molar-refractivity contribution is 5.78. The third-order valence-electron chi connectivity index (χ3n) is 2.03. The van der Waals surface area contributed by atoms with Gasteiger partial charge in [0.2, 0.25) is 5.91 Å². The number of carbonyl (C=O) groups is 1. The van der Waals surface area contributed by atoms with E-state index in [9.17, 15) is 4.79 Å². The average Bonchev–Trinajstić information content (AvgIpc) is 2.40. The number of nitrogens with one attached hydrogen (secondary N) is 1. The molecule has 0 heterocycles. The van der Waals surface area contributed by atoms with Crippen LogP contribution in [0.3, 0.4) is 0 Å². The van der Waals surface area contributed by atoms with E-state index in [-0.39, 0.29) is 12.5 Å². The van der Waals surface area contributed by atoms with Crippen molar-refractivity contribution in [3.05, 3.63) is 0 Å². The van der Waals surface area contributed by atoms with Gasteiger partial charge in [-0.2, -0.15) is 0 Å². The second kappa shape index (κ2) is 2.23. The van der Waals surface area contributed by atoms with Crippen LogP contribution in [0.1, 0.15) is 20.3 Å². The Kier molecular flexibility index (Phi) is 1.68. The molecule has 0 bridgehead atoms. The number of amides is 1. The molecular weight excluding hydrogens is 128 g/mol. The van der Waals surface area contributed by atoms with Crippen LogP contribution >= 0.6 is 0 Å². The van der Waals surface area contributed by atoms with E-state index in [1.807, 2.05) is 0 Å². The Bertz CT molecular complexity index is 154. The summed E-state index contributed by atoms with van der Waals surface area (Å²) in [5.74, 6) is -0.0458. The molecule has 1 amide bonds. The van der Waals surface area contributed by atoms with Crippen LogP contribution in [-0.2, 0) is 4.79 Å². The standard InChI is InChI=1S/C7H14N2O/c1-7(2)3-5(7)9-6(10)4-8/h5H,3-4,8H2,1-2H3,(H,9,10). The molecule has 10 heavy (non-hydrogen) atoms. The van der Waals surface area contributed by atoms with E-state index in [1.54, 1.807) is 0 Å². The molecule has 1 aliphatic rings. The van der Waals surface area contributed by atoms with Gasteiger partial charge < -0.3 is 11.1 Å². The zero-order valence-corrected chi connectivity index (χ0v) is 6.48. The molecule has 0 aromatic rings. The summed E-state index contributed by atoms with van der Waals surface area (Å²) in [5.41, 5.74) is 5.43. The Morgan fingerprint density at radius 3 is 2.60 bits per heavy atom. The van der Waals surface area contributed by atoms with Crippen LogP contribution in [0.2, 0.25) is 0 Å². The van der Waals surface area contributed by atoms with Crippen LogP contribution in [0.25, 0.3) is 0 Å². The fourth-order valence-electron chi connectivity index (χ4n) is 0.967. The Morgan fingerprint density at radius 2 is 2.30 bits per heavy atom. The first-order valence-corrected chi connectivity index (χ1v) is 3.56. The smallest absolute Gasteiger partial charge is 0.233 e. The molecule has 1 fully saturated rings. The number of hydrogen-bond donors (Lipinski definition) is 2. The van der Waals surface area contributed by atoms with Crippen LogP contribution in [0.15, 0.2) is 0 Å². The lowest BCUT2D eigenvalue weighted by Gasteiger charge is -2.03. The fourth-order valence-corrected chi connectivity index (χ4v) is 0.967. The largest absolute Gasteiger partial charge is 0.352 e. The highest BCUT2D eigenvalue weighted by Crippen LogP contribution is 2.44. The summed E-state index contributed by atoms with van der Waals surface area (Å²) >= 11 is 0. The Hall–Kier alpha value is -0.570. The maximum Gasteiger partial charge on any atom is 0.233 e. The SMILES string of the molecule is CC1(C)CC1NC(=O)CN. The van der Waals surface area contributed by atoms with E-state index in [0.29, 0.717) is 11.5 Å². The number of nitrogens with two attached hydrogens (primary N) is 1. The molecule has 1 unspecified atom stereocenters. The highest BCUT2D eigenvalue weighted by atomic mass is 16.1. The lowest BCUT2D eigenvalue weighted by atomic mass is 10.2. The number of carbonyl (C=O) groups excluding carboxylic acids is 1. The molecule has 1 saturated carbocycles. The lowest BCUT2D eigenvalue weighted by Crippen LogP contribution is -2.33. The summed E-state index contributed by atoms with van der Waals surface area (Å²) in [6.45, 7) is 4.37. The van der Waals surface area contributed by atoms with Crippen LogP contribution in [0, 0.1) is 5.41 Å². The third kappa shape index (κ3) is 1.48. The summed E-state index contributed by atoms with van der Waals surface area (Å²) in [6.07, 6.45) is 1.08. The first-order chi connectivity index (χ1) is 4.56. The first-order valence-electron chi connectivity index (χ1n) is 3.56. The van der Waals surface area contributed by atoms with Gasteiger partial charge in [0.05, 0.1) is 6.54 Å². The van der Waals surface area contributed by atoms with Gasteiger partial charge in [-0.05, 0) is 11.8 Å². The maximum absolute atomic E-state index is 10.7. The molecule has 3 nitrogen and oxygen atoms in total. The van der Waals surface area contributed by atoms with Crippen LogP contribution in [0.5, 0.6) is 0 Å². The van der Waals surface area contributed by atoms with Gasteiger partial charge in [0.25, 0.3) is 0 Å². The predicted octanol–water partition coefficient (Wildman–Crippen LogP) is -0.140. The van der Waals surface area contributed by atoms with E-state index >= 15 is 0 Å². The van der Waals surface area contributed by atoms with Crippen molar-refractivity contribution in [2.45, 2.75) is 26.3 Å². The van der Waals surface area contributed by atoms with Crippen molar-refractivity contribution in [3.8, 4) is 0 Å². The van der Waals surface area contributed by atoms with Crippen LogP contribution in [0.4, 0.5) is 0 Å². The van der Waals surface area contributed by atoms with Crippen molar-refractivity contribution in [1.82, 2.24) is 5.32 Å². The second-order valence-corrected chi connectivity index (χ2v) is 3.52. The summed E-state index contributed by atoms with van der Waals surface area (Å²) in [6, 6.07) is 0.364. The van der Waals surface area contributed by atoms with Crippen molar-refractivity contribution >= 4 is 5.91 Å². The second-order valence-electron chi connectivity index (χ2n) is 3.52. The molecule has 1 atom stereocenters. The predicted molar refractivity (Wildman–Crippen MR) is 39.4 cm³/mol. The number of rotatable bonds is 2. The van der Waals surface area contributed by atoms with E-state index in [2.05, 4.69) is 19.2 Å². The molecule has 0 aliphatic heterocycles. The molecular formula is C7H14N2O. The topological polar surface area (TPSA) is 55.1 Å². The molecule has 0 saturated heterocycles. The van der Waals surface area contributed by atoms with Crippen molar-refractivity contribution in [1.29, 1.82) is 0 Å². The zero-order valence-electron chi connectivity index (χ0n) is 6.48. The van der Waals surface area contributed by atoms with Crippen LogP contribution < -0.4 is 11.1 Å². The first kappa shape index (κ1) is 7.54. The van der Waals surface area contributed by atoms with Crippen molar-refractivity contribution in [2.75, 3.05) is 6.54 Å². The normalized spacial score (nSPS) is 27.7. The third-order valence-corrected chi connectivity index (χ3v) is 2.03. The van der Waals surface area contributed by atoms with Gasteiger partial charge in [-0.25, -0.2) is 0 Å². The molecule has 0 aromatic carbocycles. The van der Waals surface area contributed by atoms with Gasteiger partial charge >= 0.3 is 0 Å². The van der Waals surface area contributed by atoms with Gasteiger partial charge in [-0.3, -0.25) is 4.79 Å². The summed E-state index contributed by atoms with van der Waals surface area (Å²) < 4.78 is 0. The quantitative estimate of drug-likeness (QED) is 0.564. The minimum Gasteiger partial charge on any atom is -0.352 e. The summed E-state index contributed by atoms with van der Waals surface area (Å²) in [7, 11) is 0. The molecule has 1 aliphatic carbocycles. The van der Waals surface area contributed by atoms with E-state index < -0.39 is 0 Å². The van der Waals surface area contributed by atoms with Crippen molar-refractivity contribution in [3.63, 3.8) is 0 Å². The summed E-state index contributed by atoms with van der Waals surface area (Å²) in [5, 5.41) is 2.83. The molecule has 3 N–H and O–H groups in total. The molecule has 58 valence electrons. The minimum absolute atomic E-state index is 0.0458. The van der Waals surface area contributed by atoms with Gasteiger partial charge in [0.1, 0.15) is 0 Å². The molecule has 0 radical (unpaired) electrons. The summed E-state index contributed by atoms with van der Waals surface area (Å²) in [4.78, 5) is 10.7. The minimum atomic E-state index is -0.0458. The Morgan fingerprint density at radius 1 is 1.80 bits per heavy atom.